The summed E-state index contributed by atoms with van der Waals surface area (Å²) in [6, 6.07) is 7.28. The zero-order valence-electron chi connectivity index (χ0n) is 16.2. The number of fused-ring (bicyclic) bond motifs is 1. The summed E-state index contributed by atoms with van der Waals surface area (Å²) in [6.45, 7) is 2.75. The Bertz CT molecular complexity index is 1250. The largest absolute Gasteiger partial charge is 0.378 e. The Balaban J connectivity index is 1.76. The molecule has 1 aromatic carbocycles. The highest BCUT2D eigenvalue weighted by molar-refractivity contribution is 7.92. The van der Waals surface area contributed by atoms with Crippen LogP contribution in [0.3, 0.4) is 0 Å². The lowest BCUT2D eigenvalue weighted by Crippen LogP contribution is -2.36. The summed E-state index contributed by atoms with van der Waals surface area (Å²) < 4.78 is 32.8. The minimum atomic E-state index is -3.32. The summed E-state index contributed by atoms with van der Waals surface area (Å²) in [4.78, 5) is 18.1. The third-order valence-corrected chi connectivity index (χ3v) is 8.06. The van der Waals surface area contributed by atoms with Gasteiger partial charge in [0.2, 0.25) is 0 Å². The first-order chi connectivity index (χ1) is 14.0. The van der Waals surface area contributed by atoms with Gasteiger partial charge in [0.05, 0.1) is 23.4 Å². The van der Waals surface area contributed by atoms with E-state index in [9.17, 15) is 13.2 Å². The SMILES string of the molecule is Cn1cc(-c2cc(S(=O)(=O)C3CC3)ccc2N2CCOCC2)c2cc[nH]c2c1=O. The molecule has 0 amide bonds. The van der Waals surface area contributed by atoms with Gasteiger partial charge in [-0.2, -0.15) is 0 Å². The Labute approximate surface area is 168 Å². The van der Waals surface area contributed by atoms with Crippen molar-refractivity contribution in [2.45, 2.75) is 23.0 Å². The molecule has 1 aliphatic heterocycles. The number of aromatic amines is 1. The molecule has 7 nitrogen and oxygen atoms in total. The van der Waals surface area contributed by atoms with Gasteiger partial charge in [-0.1, -0.05) is 0 Å². The number of sulfone groups is 1. The minimum Gasteiger partial charge on any atom is -0.378 e. The molecule has 5 rings (SSSR count). The number of pyridine rings is 1. The fourth-order valence-corrected chi connectivity index (χ4v) is 5.72. The Hall–Kier alpha value is -2.58. The van der Waals surface area contributed by atoms with Crippen LogP contribution in [0.25, 0.3) is 22.0 Å². The van der Waals surface area contributed by atoms with Crippen LogP contribution in [0.5, 0.6) is 0 Å². The average molecular weight is 413 g/mol. The minimum absolute atomic E-state index is 0.108. The Morgan fingerprint density at radius 3 is 2.59 bits per heavy atom. The second-order valence-corrected chi connectivity index (χ2v) is 9.98. The van der Waals surface area contributed by atoms with E-state index < -0.39 is 9.84 Å². The fraction of sp³-hybridized carbons (Fsp3) is 0.381. The first-order valence-corrected chi connectivity index (χ1v) is 11.4. The highest BCUT2D eigenvalue weighted by Gasteiger charge is 2.37. The molecular weight excluding hydrogens is 390 g/mol. The number of anilines is 1. The van der Waals surface area contributed by atoms with Gasteiger partial charge >= 0.3 is 0 Å². The number of hydrogen-bond acceptors (Lipinski definition) is 5. The molecule has 1 aliphatic carbocycles. The molecule has 8 heteroatoms. The van der Waals surface area contributed by atoms with E-state index >= 15 is 0 Å². The van der Waals surface area contributed by atoms with Gasteiger partial charge in [-0.05, 0) is 37.1 Å². The molecule has 0 atom stereocenters. The summed E-state index contributed by atoms with van der Waals surface area (Å²) in [5, 5.41) is 0.528. The van der Waals surface area contributed by atoms with Crippen molar-refractivity contribution in [3.05, 3.63) is 47.0 Å². The summed E-state index contributed by atoms with van der Waals surface area (Å²) in [7, 11) is -1.61. The maximum Gasteiger partial charge on any atom is 0.274 e. The first kappa shape index (κ1) is 18.4. The number of hydrogen-bond donors (Lipinski definition) is 1. The van der Waals surface area contributed by atoms with Crippen molar-refractivity contribution in [1.82, 2.24) is 9.55 Å². The number of aryl methyl sites for hydroxylation is 1. The van der Waals surface area contributed by atoms with Crippen molar-refractivity contribution in [2.24, 2.45) is 7.05 Å². The Kier molecular flexibility index (Phi) is 4.29. The van der Waals surface area contributed by atoms with Crippen molar-refractivity contribution in [2.75, 3.05) is 31.2 Å². The molecule has 3 aromatic rings. The second kappa shape index (κ2) is 6.74. The molecule has 0 spiro atoms. The zero-order chi connectivity index (χ0) is 20.2. The van der Waals surface area contributed by atoms with E-state index in [0.29, 0.717) is 23.6 Å². The number of nitrogens with zero attached hydrogens (tertiary/aromatic N) is 2. The van der Waals surface area contributed by atoms with E-state index in [1.165, 1.54) is 0 Å². The lowest BCUT2D eigenvalue weighted by atomic mass is 10.0. The molecule has 152 valence electrons. The van der Waals surface area contributed by atoms with Crippen LogP contribution in [0, 0.1) is 0 Å². The summed E-state index contributed by atoms with van der Waals surface area (Å²) in [5.41, 5.74) is 3.05. The number of aromatic nitrogens is 2. The Morgan fingerprint density at radius 2 is 1.86 bits per heavy atom. The van der Waals surface area contributed by atoms with Crippen molar-refractivity contribution in [3.8, 4) is 11.1 Å². The number of H-pyrrole nitrogens is 1. The topological polar surface area (TPSA) is 84.4 Å². The zero-order valence-corrected chi connectivity index (χ0v) is 17.0. The fourth-order valence-electron chi connectivity index (χ4n) is 4.04. The van der Waals surface area contributed by atoms with Crippen LogP contribution >= 0.6 is 0 Å². The van der Waals surface area contributed by atoms with Gasteiger partial charge in [0.25, 0.3) is 5.56 Å². The van der Waals surface area contributed by atoms with Crippen LogP contribution in [0.4, 0.5) is 5.69 Å². The van der Waals surface area contributed by atoms with Crippen LogP contribution in [0.2, 0.25) is 0 Å². The summed E-state index contributed by atoms with van der Waals surface area (Å²) in [6.07, 6.45) is 5.00. The molecule has 0 bridgehead atoms. The lowest BCUT2D eigenvalue weighted by Gasteiger charge is -2.31. The van der Waals surface area contributed by atoms with Crippen LogP contribution in [0.15, 0.2) is 46.3 Å². The molecule has 2 aliphatic rings. The monoisotopic (exact) mass is 413 g/mol. The second-order valence-electron chi connectivity index (χ2n) is 7.75. The molecule has 29 heavy (non-hydrogen) atoms. The van der Waals surface area contributed by atoms with Crippen LogP contribution in [-0.4, -0.2) is 49.5 Å². The van der Waals surface area contributed by atoms with Gasteiger partial charge in [-0.15, -0.1) is 0 Å². The normalized spacial score (nSPS) is 17.8. The molecule has 2 fully saturated rings. The molecule has 1 saturated heterocycles. The van der Waals surface area contributed by atoms with Gasteiger partial charge in [-0.3, -0.25) is 4.79 Å². The van der Waals surface area contributed by atoms with E-state index in [-0.39, 0.29) is 10.8 Å². The van der Waals surface area contributed by atoms with Crippen molar-refractivity contribution >= 4 is 26.4 Å². The van der Waals surface area contributed by atoms with E-state index in [2.05, 4.69) is 9.88 Å². The average Bonchev–Trinajstić information content (AvgIpc) is 3.49. The molecule has 2 aromatic heterocycles. The van der Waals surface area contributed by atoms with Crippen LogP contribution < -0.4 is 10.5 Å². The van der Waals surface area contributed by atoms with Gasteiger partial charge in [-0.25, -0.2) is 8.42 Å². The van der Waals surface area contributed by atoms with E-state index in [1.807, 2.05) is 12.1 Å². The standard InChI is InChI=1S/C21H23N3O4S/c1-23-13-18(16-6-7-22-20(16)21(23)25)17-12-15(29(26,27)14-2-3-14)4-5-19(17)24-8-10-28-11-9-24/h4-7,12-14,22H,2-3,8-11H2,1H3. The summed E-state index contributed by atoms with van der Waals surface area (Å²) in [5.74, 6) is 0. The Morgan fingerprint density at radius 1 is 1.10 bits per heavy atom. The quantitative estimate of drug-likeness (QED) is 0.710. The summed E-state index contributed by atoms with van der Waals surface area (Å²) >= 11 is 0. The van der Waals surface area contributed by atoms with Gasteiger partial charge in [0.15, 0.2) is 9.84 Å². The van der Waals surface area contributed by atoms with E-state index in [4.69, 9.17) is 4.74 Å². The van der Waals surface area contributed by atoms with Gasteiger partial charge < -0.3 is 19.2 Å². The lowest BCUT2D eigenvalue weighted by molar-refractivity contribution is 0.123. The number of morpholine rings is 1. The smallest absolute Gasteiger partial charge is 0.274 e. The maximum atomic E-state index is 12.9. The van der Waals surface area contributed by atoms with Gasteiger partial charge in [0, 0.05) is 54.7 Å². The van der Waals surface area contributed by atoms with Crippen molar-refractivity contribution < 1.29 is 13.2 Å². The van der Waals surface area contributed by atoms with Crippen molar-refractivity contribution in [1.29, 1.82) is 0 Å². The predicted molar refractivity (Wildman–Crippen MR) is 112 cm³/mol. The third-order valence-electron chi connectivity index (χ3n) is 5.80. The van der Waals surface area contributed by atoms with Gasteiger partial charge in [0.1, 0.15) is 5.52 Å². The van der Waals surface area contributed by atoms with Crippen LogP contribution in [-0.2, 0) is 21.6 Å². The highest BCUT2D eigenvalue weighted by Crippen LogP contribution is 2.40. The third kappa shape index (κ3) is 3.07. The van der Waals surface area contributed by atoms with Crippen LogP contribution in [0.1, 0.15) is 12.8 Å². The molecule has 3 heterocycles. The highest BCUT2D eigenvalue weighted by atomic mass is 32.2. The van der Waals surface area contributed by atoms with E-state index in [1.54, 1.807) is 36.1 Å². The van der Waals surface area contributed by atoms with E-state index in [0.717, 1.165) is 48.1 Å². The molecular formula is C21H23N3O4S. The number of rotatable bonds is 4. The number of benzene rings is 1. The molecule has 1 N–H and O–H groups in total. The molecule has 0 unspecified atom stereocenters. The first-order valence-electron chi connectivity index (χ1n) is 9.84. The molecule has 0 radical (unpaired) electrons. The maximum absolute atomic E-state index is 12.9. The predicted octanol–water partition coefficient (Wildman–Crippen LogP) is 2.31. The molecule has 1 saturated carbocycles. The van der Waals surface area contributed by atoms with Crippen molar-refractivity contribution in [3.63, 3.8) is 0 Å². The number of nitrogens with one attached hydrogen (secondary N) is 1. The number of ether oxygens (including phenoxy) is 1.